The Morgan fingerprint density at radius 1 is 1.17 bits per heavy atom. The number of nitrogens with zero attached hydrogens (tertiary/aromatic N) is 1. The van der Waals surface area contributed by atoms with Gasteiger partial charge in [-0.3, -0.25) is 14.6 Å². The molecule has 1 fully saturated rings. The molecule has 7 nitrogen and oxygen atoms in total. The fourth-order valence-corrected chi connectivity index (χ4v) is 3.85. The second-order valence-corrected chi connectivity index (χ2v) is 7.35. The number of nitrogens with one attached hydrogen (secondary N) is 2. The fourth-order valence-electron chi connectivity index (χ4n) is 3.61. The molecule has 29 heavy (non-hydrogen) atoms. The summed E-state index contributed by atoms with van der Waals surface area (Å²) in [6.45, 7) is 1.01. The Hall–Kier alpha value is -2.71. The van der Waals surface area contributed by atoms with E-state index in [0.717, 1.165) is 11.8 Å². The molecule has 0 atom stereocenters. The Balaban J connectivity index is 1.73. The van der Waals surface area contributed by atoms with Gasteiger partial charge in [-0.1, -0.05) is 11.6 Å². The Bertz CT molecular complexity index is 951. The molecule has 0 bridgehead atoms. The van der Waals surface area contributed by atoms with Crippen LogP contribution < -0.4 is 10.6 Å². The van der Waals surface area contributed by atoms with Gasteiger partial charge in [-0.2, -0.15) is 0 Å². The van der Waals surface area contributed by atoms with Crippen molar-refractivity contribution in [2.24, 2.45) is 0 Å². The first-order valence-electron chi connectivity index (χ1n) is 9.26. The van der Waals surface area contributed by atoms with E-state index >= 15 is 0 Å². The van der Waals surface area contributed by atoms with Crippen LogP contribution in [0, 0.1) is 5.82 Å². The smallest absolute Gasteiger partial charge is 0.309 e. The number of fused-ring (bicyclic) bond motifs is 2. The lowest BCUT2D eigenvalue weighted by Gasteiger charge is -2.32. The normalized spacial score (nSPS) is 18.3. The van der Waals surface area contributed by atoms with Gasteiger partial charge in [-0.25, -0.2) is 4.39 Å². The van der Waals surface area contributed by atoms with Gasteiger partial charge in [0.1, 0.15) is 5.82 Å². The number of carbonyl (C=O) groups excluding carboxylic acids is 2. The molecule has 1 aromatic heterocycles. The molecule has 1 spiro atoms. The van der Waals surface area contributed by atoms with Gasteiger partial charge < -0.3 is 20.1 Å². The summed E-state index contributed by atoms with van der Waals surface area (Å²) in [6.07, 6.45) is 3.21. The third-order valence-corrected chi connectivity index (χ3v) is 5.22. The van der Waals surface area contributed by atoms with Crippen LogP contribution >= 0.6 is 11.6 Å². The number of anilines is 1. The number of hydrogen-bond donors (Lipinski definition) is 2. The number of halogens is 2. The van der Waals surface area contributed by atoms with E-state index in [1.807, 2.05) is 0 Å². The molecule has 0 aliphatic carbocycles. The highest BCUT2D eigenvalue weighted by Crippen LogP contribution is 2.40. The number of esters is 2. The van der Waals surface area contributed by atoms with E-state index in [4.69, 9.17) is 21.1 Å². The maximum atomic E-state index is 13.4. The summed E-state index contributed by atoms with van der Waals surface area (Å²) in [4.78, 5) is 28.1. The largest absolute Gasteiger partial charge is 0.416 e. The van der Waals surface area contributed by atoms with Gasteiger partial charge in [0.05, 0.1) is 36.3 Å². The molecular formula is C20H19ClFN3O4. The predicted octanol–water partition coefficient (Wildman–Crippen LogP) is 2.66. The zero-order valence-corrected chi connectivity index (χ0v) is 16.2. The van der Waals surface area contributed by atoms with Gasteiger partial charge in [0.25, 0.3) is 5.79 Å². The molecule has 152 valence electrons. The van der Waals surface area contributed by atoms with Crippen LogP contribution in [-0.4, -0.2) is 30.0 Å². The van der Waals surface area contributed by atoms with E-state index in [-0.39, 0.29) is 19.4 Å². The first-order chi connectivity index (χ1) is 14.0. The summed E-state index contributed by atoms with van der Waals surface area (Å²) in [5.74, 6) is -2.97. The van der Waals surface area contributed by atoms with Crippen molar-refractivity contribution in [2.45, 2.75) is 31.6 Å². The van der Waals surface area contributed by atoms with Crippen molar-refractivity contribution in [3.05, 3.63) is 58.1 Å². The molecule has 1 saturated heterocycles. The molecule has 2 aliphatic heterocycles. The van der Waals surface area contributed by atoms with Gasteiger partial charge >= 0.3 is 11.9 Å². The molecule has 0 amide bonds. The van der Waals surface area contributed by atoms with Crippen LogP contribution in [0.5, 0.6) is 0 Å². The topological polar surface area (TPSA) is 89.6 Å². The molecule has 2 N–H and O–H groups in total. The molecule has 1 aromatic carbocycles. The van der Waals surface area contributed by atoms with Gasteiger partial charge in [0, 0.05) is 18.3 Å². The lowest BCUT2D eigenvalue weighted by atomic mass is 9.96. The highest BCUT2D eigenvalue weighted by Gasteiger charge is 2.45. The molecule has 9 heteroatoms. The Kier molecular flexibility index (Phi) is 5.38. The summed E-state index contributed by atoms with van der Waals surface area (Å²) in [5.41, 5.74) is 2.60. The van der Waals surface area contributed by atoms with Crippen molar-refractivity contribution in [3.8, 4) is 0 Å². The molecule has 4 rings (SSSR count). The SMILES string of the molecule is O=C1CCC(=O)OC2(CNCCc3c2ccc(Cl)c3NCc2cncc(F)c2)O1. The van der Waals surface area contributed by atoms with E-state index in [1.165, 1.54) is 6.07 Å². The van der Waals surface area contributed by atoms with Crippen LogP contribution in [-0.2, 0) is 37.8 Å². The van der Waals surface area contributed by atoms with Crippen molar-refractivity contribution in [2.75, 3.05) is 18.4 Å². The summed E-state index contributed by atoms with van der Waals surface area (Å²) < 4.78 is 24.7. The van der Waals surface area contributed by atoms with E-state index in [2.05, 4.69) is 15.6 Å². The zero-order valence-electron chi connectivity index (χ0n) is 15.5. The number of pyridine rings is 1. The number of benzene rings is 1. The maximum Gasteiger partial charge on any atom is 0.309 e. The van der Waals surface area contributed by atoms with Crippen LogP contribution in [0.3, 0.4) is 0 Å². The molecule has 3 heterocycles. The molecule has 0 unspecified atom stereocenters. The van der Waals surface area contributed by atoms with Crippen LogP contribution in [0.25, 0.3) is 0 Å². The first-order valence-corrected chi connectivity index (χ1v) is 9.64. The highest BCUT2D eigenvalue weighted by atomic mass is 35.5. The minimum absolute atomic E-state index is 0.0266. The maximum absolute atomic E-state index is 13.4. The van der Waals surface area contributed by atoms with Crippen molar-refractivity contribution in [3.63, 3.8) is 0 Å². The van der Waals surface area contributed by atoms with E-state index in [0.29, 0.717) is 41.3 Å². The van der Waals surface area contributed by atoms with Crippen LogP contribution in [0.15, 0.2) is 30.6 Å². The standard InChI is InChI=1S/C20H19ClFN3O4/c21-16-2-1-15-14(19(16)25-9-12-7-13(22)10-24-8-12)5-6-23-11-20(15)28-17(26)3-4-18(27)29-20/h1-2,7-8,10,23,25H,3-6,9,11H2. The van der Waals surface area contributed by atoms with Gasteiger partial charge in [-0.05, 0) is 42.3 Å². The number of hydrogen-bond acceptors (Lipinski definition) is 7. The quantitative estimate of drug-likeness (QED) is 0.739. The van der Waals surface area contributed by atoms with E-state index in [1.54, 1.807) is 18.3 Å². The minimum atomic E-state index is -1.54. The number of ether oxygens (including phenoxy) is 2. The highest BCUT2D eigenvalue weighted by molar-refractivity contribution is 6.33. The Labute approximate surface area is 171 Å². The summed E-state index contributed by atoms with van der Waals surface area (Å²) >= 11 is 6.44. The second-order valence-electron chi connectivity index (χ2n) is 6.94. The molecule has 0 radical (unpaired) electrons. The summed E-state index contributed by atoms with van der Waals surface area (Å²) in [5, 5.41) is 6.85. The third-order valence-electron chi connectivity index (χ3n) is 4.90. The average Bonchev–Trinajstić information content (AvgIpc) is 2.94. The number of aromatic nitrogens is 1. The average molecular weight is 420 g/mol. The van der Waals surface area contributed by atoms with Crippen LogP contribution in [0.4, 0.5) is 10.1 Å². The number of rotatable bonds is 3. The number of carbonyl (C=O) groups is 2. The Morgan fingerprint density at radius 2 is 1.93 bits per heavy atom. The van der Waals surface area contributed by atoms with E-state index in [9.17, 15) is 14.0 Å². The third kappa shape index (κ3) is 4.04. The van der Waals surface area contributed by atoms with Crippen molar-refractivity contribution in [1.29, 1.82) is 0 Å². The summed E-state index contributed by atoms with van der Waals surface area (Å²) in [7, 11) is 0. The molecular weight excluding hydrogens is 401 g/mol. The first kappa shape index (κ1) is 19.6. The molecule has 0 saturated carbocycles. The van der Waals surface area contributed by atoms with Gasteiger partial charge in [0.2, 0.25) is 0 Å². The van der Waals surface area contributed by atoms with Crippen molar-refractivity contribution in [1.82, 2.24) is 10.3 Å². The minimum Gasteiger partial charge on any atom is -0.416 e. The predicted molar refractivity (Wildman–Crippen MR) is 103 cm³/mol. The second kappa shape index (κ2) is 7.96. The van der Waals surface area contributed by atoms with E-state index < -0.39 is 23.5 Å². The van der Waals surface area contributed by atoms with Gasteiger partial charge in [0.15, 0.2) is 0 Å². The molecule has 2 aliphatic rings. The monoisotopic (exact) mass is 419 g/mol. The van der Waals surface area contributed by atoms with Crippen molar-refractivity contribution < 1.29 is 23.5 Å². The van der Waals surface area contributed by atoms with Crippen LogP contribution in [0.1, 0.15) is 29.5 Å². The zero-order chi connectivity index (χ0) is 20.4. The van der Waals surface area contributed by atoms with Crippen LogP contribution in [0.2, 0.25) is 5.02 Å². The lowest BCUT2D eigenvalue weighted by Crippen LogP contribution is -2.43. The Morgan fingerprint density at radius 3 is 2.66 bits per heavy atom. The summed E-state index contributed by atoms with van der Waals surface area (Å²) in [6, 6.07) is 4.76. The van der Waals surface area contributed by atoms with Gasteiger partial charge in [-0.15, -0.1) is 0 Å². The fraction of sp³-hybridized carbons (Fsp3) is 0.350. The molecule has 2 aromatic rings. The van der Waals surface area contributed by atoms with Crippen molar-refractivity contribution >= 4 is 29.2 Å². The lowest BCUT2D eigenvalue weighted by molar-refractivity contribution is -0.225.